The zero-order chi connectivity index (χ0) is 12.8. The van der Waals surface area contributed by atoms with E-state index in [9.17, 15) is 15.0 Å². The van der Waals surface area contributed by atoms with Crippen LogP contribution in [-0.4, -0.2) is 43.1 Å². The smallest absolute Gasteiger partial charge is 0.370 e. The second-order valence-corrected chi connectivity index (χ2v) is 3.96. The highest BCUT2D eigenvalue weighted by atomic mass is 16.6. The molecule has 0 heterocycles. The van der Waals surface area contributed by atoms with Gasteiger partial charge in [0, 0.05) is 6.42 Å². The highest BCUT2D eigenvalue weighted by molar-refractivity contribution is 5.76. The topological polar surface area (TPSA) is 118 Å². The molecule has 16 heavy (non-hydrogen) atoms. The van der Waals surface area contributed by atoms with Crippen molar-refractivity contribution < 1.29 is 30.3 Å². The molecule has 0 bridgehead atoms. The molecular weight excluding hydrogens is 216 g/mol. The molecule has 0 amide bonds. The number of aliphatic carboxylic acids is 1. The SMILES string of the molecule is CCCCCCCC(O)(O)C(O)(O)C(=O)O. The molecule has 0 saturated heterocycles. The Kier molecular flexibility index (Phi) is 5.88. The Labute approximate surface area is 94.2 Å². The van der Waals surface area contributed by atoms with Crippen LogP contribution in [0, 0.1) is 0 Å². The van der Waals surface area contributed by atoms with Crippen molar-refractivity contribution in [2.45, 2.75) is 57.0 Å². The van der Waals surface area contributed by atoms with Crippen LogP contribution in [0.15, 0.2) is 0 Å². The van der Waals surface area contributed by atoms with Gasteiger partial charge in [-0.3, -0.25) is 0 Å². The van der Waals surface area contributed by atoms with Gasteiger partial charge in [-0.15, -0.1) is 0 Å². The van der Waals surface area contributed by atoms with Gasteiger partial charge in [0.05, 0.1) is 0 Å². The molecule has 6 nitrogen and oxygen atoms in total. The first kappa shape index (κ1) is 15.3. The van der Waals surface area contributed by atoms with Crippen LogP contribution in [0.4, 0.5) is 0 Å². The highest BCUT2D eigenvalue weighted by Gasteiger charge is 2.53. The number of unbranched alkanes of at least 4 members (excludes halogenated alkanes) is 4. The Morgan fingerprint density at radius 1 is 1.00 bits per heavy atom. The number of hydrogen-bond donors (Lipinski definition) is 5. The molecular formula is C10H20O6. The molecule has 0 radical (unpaired) electrons. The van der Waals surface area contributed by atoms with Crippen molar-refractivity contribution in [2.75, 3.05) is 0 Å². The molecule has 0 fully saturated rings. The maximum Gasteiger partial charge on any atom is 0.370 e. The maximum atomic E-state index is 10.4. The number of rotatable bonds is 8. The van der Waals surface area contributed by atoms with Crippen molar-refractivity contribution >= 4 is 5.97 Å². The van der Waals surface area contributed by atoms with Gasteiger partial charge in [-0.05, 0) is 6.42 Å². The van der Waals surface area contributed by atoms with Gasteiger partial charge in [-0.25, -0.2) is 4.79 Å². The molecule has 0 aromatic carbocycles. The minimum atomic E-state index is -3.53. The molecule has 0 aliphatic rings. The van der Waals surface area contributed by atoms with E-state index >= 15 is 0 Å². The first-order valence-corrected chi connectivity index (χ1v) is 5.38. The van der Waals surface area contributed by atoms with Gasteiger partial charge in [0.1, 0.15) is 0 Å². The molecule has 0 aliphatic carbocycles. The Bertz CT molecular complexity index is 223. The van der Waals surface area contributed by atoms with Crippen LogP contribution in [0.2, 0.25) is 0 Å². The van der Waals surface area contributed by atoms with E-state index in [1.165, 1.54) is 0 Å². The highest BCUT2D eigenvalue weighted by Crippen LogP contribution is 2.24. The van der Waals surface area contributed by atoms with Gasteiger partial charge < -0.3 is 25.5 Å². The maximum absolute atomic E-state index is 10.4. The van der Waals surface area contributed by atoms with Gasteiger partial charge in [-0.2, -0.15) is 0 Å². The van der Waals surface area contributed by atoms with Crippen molar-refractivity contribution in [1.29, 1.82) is 0 Å². The summed E-state index contributed by atoms with van der Waals surface area (Å²) in [6, 6.07) is 0. The zero-order valence-electron chi connectivity index (χ0n) is 9.39. The second kappa shape index (κ2) is 6.15. The molecule has 0 spiro atoms. The standard InChI is InChI=1S/C10H20O6/c1-2-3-4-5-6-7-9(13,14)10(15,16)8(11)12/h13-16H,2-7H2,1H3,(H,11,12). The van der Waals surface area contributed by atoms with Crippen molar-refractivity contribution in [2.24, 2.45) is 0 Å². The van der Waals surface area contributed by atoms with Crippen LogP contribution in [0.5, 0.6) is 0 Å². The van der Waals surface area contributed by atoms with E-state index in [-0.39, 0.29) is 0 Å². The molecule has 6 heteroatoms. The van der Waals surface area contributed by atoms with Gasteiger partial charge in [0.2, 0.25) is 5.79 Å². The predicted molar refractivity (Wildman–Crippen MR) is 55.3 cm³/mol. The predicted octanol–water partition coefficient (Wildman–Crippen LogP) is -0.207. The van der Waals surface area contributed by atoms with E-state index in [1.54, 1.807) is 0 Å². The number of carboxylic acids is 1. The fourth-order valence-corrected chi connectivity index (χ4v) is 1.32. The molecule has 0 saturated carbocycles. The Balaban J connectivity index is 4.09. The normalized spacial score (nSPS) is 12.8. The van der Waals surface area contributed by atoms with Crippen LogP contribution in [0.25, 0.3) is 0 Å². The number of carboxylic acid groups (broad SMARTS) is 1. The number of carbonyl (C=O) groups is 1. The number of hydrogen-bond acceptors (Lipinski definition) is 5. The van der Waals surface area contributed by atoms with Crippen LogP contribution in [0.3, 0.4) is 0 Å². The summed E-state index contributed by atoms with van der Waals surface area (Å²) < 4.78 is 0. The van der Waals surface area contributed by atoms with E-state index in [4.69, 9.17) is 15.3 Å². The number of aliphatic hydroxyl groups is 4. The third-order valence-corrected chi connectivity index (χ3v) is 2.49. The van der Waals surface area contributed by atoms with Crippen LogP contribution < -0.4 is 0 Å². The van der Waals surface area contributed by atoms with E-state index in [0.29, 0.717) is 12.8 Å². The van der Waals surface area contributed by atoms with Crippen molar-refractivity contribution in [3.63, 3.8) is 0 Å². The van der Waals surface area contributed by atoms with Gasteiger partial charge in [0.25, 0.3) is 0 Å². The van der Waals surface area contributed by atoms with Gasteiger partial charge >= 0.3 is 11.8 Å². The van der Waals surface area contributed by atoms with E-state index < -0.39 is 24.0 Å². The molecule has 0 aromatic heterocycles. The second-order valence-electron chi connectivity index (χ2n) is 3.96. The first-order valence-electron chi connectivity index (χ1n) is 5.38. The zero-order valence-corrected chi connectivity index (χ0v) is 9.39. The van der Waals surface area contributed by atoms with E-state index in [2.05, 4.69) is 0 Å². The molecule has 0 aliphatic heterocycles. The van der Waals surface area contributed by atoms with Gasteiger partial charge in [-0.1, -0.05) is 32.6 Å². The fourth-order valence-electron chi connectivity index (χ4n) is 1.32. The molecule has 96 valence electrons. The lowest BCUT2D eigenvalue weighted by Crippen LogP contribution is -2.59. The largest absolute Gasteiger partial charge is 0.477 e. The van der Waals surface area contributed by atoms with Crippen LogP contribution in [0.1, 0.15) is 45.4 Å². The Morgan fingerprint density at radius 2 is 1.50 bits per heavy atom. The molecule has 0 rings (SSSR count). The minimum Gasteiger partial charge on any atom is -0.477 e. The summed E-state index contributed by atoms with van der Waals surface area (Å²) in [5.41, 5.74) is 0. The van der Waals surface area contributed by atoms with E-state index in [0.717, 1.165) is 19.3 Å². The molecule has 0 aromatic rings. The lowest BCUT2D eigenvalue weighted by atomic mass is 9.98. The third kappa shape index (κ3) is 4.05. The summed E-state index contributed by atoms with van der Waals surface area (Å²) in [5, 5.41) is 44.8. The quantitative estimate of drug-likeness (QED) is 0.294. The van der Waals surface area contributed by atoms with Crippen LogP contribution >= 0.6 is 0 Å². The lowest BCUT2D eigenvalue weighted by molar-refractivity contribution is -0.346. The first-order chi connectivity index (χ1) is 7.25. The summed E-state index contributed by atoms with van der Waals surface area (Å²) in [4.78, 5) is 10.4. The third-order valence-electron chi connectivity index (χ3n) is 2.49. The summed E-state index contributed by atoms with van der Waals surface area (Å²) in [5.74, 6) is -8.63. The summed E-state index contributed by atoms with van der Waals surface area (Å²) >= 11 is 0. The van der Waals surface area contributed by atoms with Crippen molar-refractivity contribution in [1.82, 2.24) is 0 Å². The van der Waals surface area contributed by atoms with Crippen molar-refractivity contribution in [3.8, 4) is 0 Å². The summed E-state index contributed by atoms with van der Waals surface area (Å²) in [6.45, 7) is 2.03. The summed E-state index contributed by atoms with van der Waals surface area (Å²) in [7, 11) is 0. The average Bonchev–Trinajstić information content (AvgIpc) is 2.16. The molecule has 5 N–H and O–H groups in total. The summed E-state index contributed by atoms with van der Waals surface area (Å²) in [6.07, 6.45) is 3.55. The van der Waals surface area contributed by atoms with Gasteiger partial charge in [0.15, 0.2) is 0 Å². The Morgan fingerprint density at radius 3 is 1.94 bits per heavy atom. The van der Waals surface area contributed by atoms with E-state index in [1.807, 2.05) is 6.92 Å². The Hall–Kier alpha value is -0.690. The van der Waals surface area contributed by atoms with Crippen LogP contribution in [-0.2, 0) is 4.79 Å². The van der Waals surface area contributed by atoms with Crippen molar-refractivity contribution in [3.05, 3.63) is 0 Å². The average molecular weight is 236 g/mol. The fraction of sp³-hybridized carbons (Fsp3) is 0.900. The monoisotopic (exact) mass is 236 g/mol. The lowest BCUT2D eigenvalue weighted by Gasteiger charge is -2.31. The minimum absolute atomic E-state index is 0.323. The molecule has 0 atom stereocenters. The molecule has 0 unspecified atom stereocenters.